The van der Waals surface area contributed by atoms with Gasteiger partial charge in [-0.25, -0.2) is 4.98 Å². The number of nitrogens with zero attached hydrogens (tertiary/aromatic N) is 3. The number of nitrogens with two attached hydrogens (primary N) is 1. The molecule has 2 aromatic heterocycles. The third kappa shape index (κ3) is 3.64. The maximum absolute atomic E-state index is 8.53. The number of unbranched alkanes of at least 4 members (excludes halogenated alkanes) is 1. The maximum Gasteiger partial charge on any atom is 0.168 e. The number of aromatic nitrogens is 3. The van der Waals surface area contributed by atoms with Crippen LogP contribution in [-0.4, -0.2) is 32.9 Å². The molecule has 0 saturated heterocycles. The zero-order valence-corrected chi connectivity index (χ0v) is 14.8. The molecule has 0 fully saturated rings. The Morgan fingerprint density at radius 1 is 1.35 bits per heavy atom. The monoisotopic (exact) mass is 354 g/mol. The fourth-order valence-electron chi connectivity index (χ4n) is 3.74. The number of H-pyrrole nitrogens is 1. The predicted octanol–water partition coefficient (Wildman–Crippen LogP) is 3.58. The van der Waals surface area contributed by atoms with Crippen molar-refractivity contribution in [2.24, 2.45) is 5.73 Å². The predicted molar refractivity (Wildman–Crippen MR) is 105 cm³/mol. The van der Waals surface area contributed by atoms with Crippen LogP contribution in [0.25, 0.3) is 11.0 Å². The van der Waals surface area contributed by atoms with E-state index in [0.29, 0.717) is 18.9 Å². The van der Waals surface area contributed by atoms with Gasteiger partial charge in [-0.3, -0.25) is 9.88 Å². The second kappa shape index (κ2) is 7.98. The van der Waals surface area contributed by atoms with Gasteiger partial charge in [0.1, 0.15) is 5.82 Å². The number of imidazole rings is 1. The molecule has 0 bridgehead atoms. The molecule has 0 spiro atoms. The summed E-state index contributed by atoms with van der Waals surface area (Å²) in [5.74, 6) is 0.401. The van der Waals surface area contributed by atoms with Crippen molar-refractivity contribution in [3.63, 3.8) is 0 Å². The SMILES string of the molecule is [2H]c1c([2H])c([2H])c2c(nc(CN(CCCCN)[C@H]3CCCc4cccnc43)n2[2H])c1[2H]. The minimum atomic E-state index is -0.345. The third-order valence-corrected chi connectivity index (χ3v) is 4.98. The third-order valence-electron chi connectivity index (χ3n) is 4.98. The molecular weight excluding hydrogens is 322 g/mol. The molecule has 0 saturated carbocycles. The summed E-state index contributed by atoms with van der Waals surface area (Å²) >= 11 is 0. The molecule has 3 N–H and O–H groups in total. The van der Waals surface area contributed by atoms with Gasteiger partial charge in [-0.15, -0.1) is 0 Å². The van der Waals surface area contributed by atoms with Crippen LogP contribution < -0.4 is 5.73 Å². The van der Waals surface area contributed by atoms with Crippen LogP contribution in [0, 0.1) is 0 Å². The van der Waals surface area contributed by atoms with E-state index in [1.807, 2.05) is 12.3 Å². The van der Waals surface area contributed by atoms with Crippen LogP contribution in [0.2, 0.25) is 1.41 Å². The van der Waals surface area contributed by atoms with Gasteiger partial charge in [-0.05, 0) is 68.9 Å². The first-order valence-electron chi connectivity index (χ1n) is 11.7. The second-order valence-corrected chi connectivity index (χ2v) is 6.76. The van der Waals surface area contributed by atoms with Crippen LogP contribution in [0.5, 0.6) is 0 Å². The second-order valence-electron chi connectivity index (χ2n) is 6.76. The van der Waals surface area contributed by atoms with Gasteiger partial charge in [-0.2, -0.15) is 0 Å². The molecule has 1 aliphatic carbocycles. The quantitative estimate of drug-likeness (QED) is 0.636. The molecular formula is C21H27N5. The van der Waals surface area contributed by atoms with E-state index in [1.165, 1.54) is 5.56 Å². The number of fused-ring (bicyclic) bond motifs is 2. The highest BCUT2D eigenvalue weighted by molar-refractivity contribution is 5.74. The lowest BCUT2D eigenvalue weighted by molar-refractivity contribution is 0.159. The number of benzene rings is 1. The van der Waals surface area contributed by atoms with Gasteiger partial charge in [-0.1, -0.05) is 18.2 Å². The van der Waals surface area contributed by atoms with Crippen molar-refractivity contribution < 1.29 is 6.89 Å². The van der Waals surface area contributed by atoms with Crippen LogP contribution in [0.15, 0.2) is 42.5 Å². The van der Waals surface area contributed by atoms with Crippen molar-refractivity contribution in [2.45, 2.75) is 44.7 Å². The van der Waals surface area contributed by atoms with E-state index in [2.05, 4.69) is 20.9 Å². The summed E-state index contributed by atoms with van der Waals surface area (Å²) in [4.78, 5) is 12.5. The van der Waals surface area contributed by atoms with Crippen molar-refractivity contribution in [2.75, 3.05) is 13.1 Å². The van der Waals surface area contributed by atoms with E-state index < -0.39 is 0 Å². The summed E-state index contributed by atoms with van der Waals surface area (Å²) in [6, 6.07) is 3.08. The zero-order chi connectivity index (χ0) is 22.1. The largest absolute Gasteiger partial charge is 0.341 e. The van der Waals surface area contributed by atoms with Crippen molar-refractivity contribution in [1.82, 2.24) is 19.8 Å². The fourth-order valence-corrected chi connectivity index (χ4v) is 3.74. The Hall–Kier alpha value is -2.24. The molecule has 2 heterocycles. The number of aryl methyl sites for hydroxylation is 1. The minimum Gasteiger partial charge on any atom is -0.341 e. The molecule has 5 heteroatoms. The van der Waals surface area contributed by atoms with Crippen molar-refractivity contribution in [3.8, 4) is 0 Å². The van der Waals surface area contributed by atoms with E-state index in [4.69, 9.17) is 12.6 Å². The average molecular weight is 355 g/mol. The molecule has 26 heavy (non-hydrogen) atoms. The highest BCUT2D eigenvalue weighted by Gasteiger charge is 2.27. The van der Waals surface area contributed by atoms with Gasteiger partial charge >= 0.3 is 0 Å². The van der Waals surface area contributed by atoms with Crippen molar-refractivity contribution in [1.29, 1.82) is 0 Å². The molecule has 0 aliphatic heterocycles. The van der Waals surface area contributed by atoms with Crippen molar-refractivity contribution >= 4 is 11.0 Å². The number of hydrogen-bond acceptors (Lipinski definition) is 4. The Kier molecular flexibility index (Phi) is 3.74. The number of hydrogen-bond donors (Lipinski definition) is 2. The van der Waals surface area contributed by atoms with Crippen LogP contribution in [0.1, 0.15) is 54.3 Å². The molecule has 5 nitrogen and oxygen atoms in total. The maximum atomic E-state index is 8.53. The number of aromatic amines is 1. The van der Waals surface area contributed by atoms with Crippen molar-refractivity contribution in [3.05, 3.63) is 59.6 Å². The lowest BCUT2D eigenvalue weighted by Crippen LogP contribution is -2.33. The van der Waals surface area contributed by atoms with E-state index in [1.54, 1.807) is 0 Å². The van der Waals surface area contributed by atoms with E-state index in [-0.39, 0.29) is 41.2 Å². The molecule has 1 aliphatic rings. The average Bonchev–Trinajstić information content (AvgIpc) is 3.11. The highest BCUT2D eigenvalue weighted by atomic mass is 15.2. The molecule has 1 aromatic carbocycles. The van der Waals surface area contributed by atoms with Gasteiger partial charge in [0.2, 0.25) is 0 Å². The van der Waals surface area contributed by atoms with E-state index in [0.717, 1.165) is 49.3 Å². The van der Waals surface area contributed by atoms with Gasteiger partial charge in [0.05, 0.1) is 34.8 Å². The Balaban J connectivity index is 1.73. The molecule has 4 rings (SSSR count). The Morgan fingerprint density at radius 3 is 3.19 bits per heavy atom. The first kappa shape index (κ1) is 12.2. The van der Waals surface area contributed by atoms with Gasteiger partial charge in [0, 0.05) is 6.20 Å². The molecule has 1 atom stereocenters. The lowest BCUT2D eigenvalue weighted by Gasteiger charge is -2.34. The summed E-state index contributed by atoms with van der Waals surface area (Å²) in [6.45, 7) is 1.76. The standard InChI is InChI=1S/C21H27N5/c22-12-3-4-14-26(15-20-24-17-9-1-2-10-18(17)25-20)19-11-5-7-16-8-6-13-23-21(16)19/h1-2,6,8-10,13,19H,3-5,7,11-12,14-15,22H2,(H,24,25)/t19-/m0/s1/i1D,2D,9D,10D/hD. The van der Waals surface area contributed by atoms with E-state index in [9.17, 15) is 0 Å². The summed E-state index contributed by atoms with van der Waals surface area (Å²) in [7, 11) is 0. The highest BCUT2D eigenvalue weighted by Crippen LogP contribution is 2.33. The topological polar surface area (TPSA) is 70.8 Å². The first-order chi connectivity index (χ1) is 14.9. The molecule has 0 unspecified atom stereocenters. The fraction of sp³-hybridized carbons (Fsp3) is 0.429. The zero-order valence-electron chi connectivity index (χ0n) is 19.8. The number of nitrogens with one attached hydrogen (secondary N) is 1. The van der Waals surface area contributed by atoms with Crippen LogP contribution in [-0.2, 0) is 13.0 Å². The normalized spacial score (nSPS) is 19.6. The Morgan fingerprint density at radius 2 is 2.27 bits per heavy atom. The minimum absolute atomic E-state index is 0.104. The molecule has 136 valence electrons. The number of rotatable bonds is 7. The van der Waals surface area contributed by atoms with E-state index >= 15 is 0 Å². The van der Waals surface area contributed by atoms with Gasteiger partial charge in [0.15, 0.2) is 1.41 Å². The lowest BCUT2D eigenvalue weighted by atomic mass is 9.90. The van der Waals surface area contributed by atoms with Crippen LogP contribution in [0.4, 0.5) is 0 Å². The Labute approximate surface area is 161 Å². The van der Waals surface area contributed by atoms with Gasteiger partial charge < -0.3 is 10.7 Å². The number of para-hydroxylation sites is 2. The summed E-state index contributed by atoms with van der Waals surface area (Å²) < 4.78 is 40.7. The summed E-state index contributed by atoms with van der Waals surface area (Å²) in [6.07, 6.45) is 6.66. The smallest absolute Gasteiger partial charge is 0.168 e. The summed E-state index contributed by atoms with van der Waals surface area (Å²) in [5, 5.41) is 0. The molecule has 3 aromatic rings. The molecule has 0 amide bonds. The molecule has 0 radical (unpaired) electrons. The number of pyridine rings is 1. The summed E-state index contributed by atoms with van der Waals surface area (Å²) in [5.41, 5.74) is 8.28. The van der Waals surface area contributed by atoms with Gasteiger partial charge in [0.25, 0.3) is 0 Å². The Bertz CT molecular complexity index is 1100. The first-order valence-corrected chi connectivity index (χ1v) is 9.28. The van der Waals surface area contributed by atoms with Crippen LogP contribution >= 0.6 is 0 Å². The van der Waals surface area contributed by atoms with Crippen LogP contribution in [0.3, 0.4) is 0 Å².